The second-order valence-electron chi connectivity index (χ2n) is 7.06. The van der Waals surface area contributed by atoms with Gasteiger partial charge in [0, 0.05) is 13.0 Å². The summed E-state index contributed by atoms with van der Waals surface area (Å²) in [6.45, 7) is 7.06. The Balaban J connectivity index is 1.64. The summed E-state index contributed by atoms with van der Waals surface area (Å²) in [6.07, 6.45) is 3.27. The molecular formula is C22H27N3O. The number of aromatic nitrogens is 2. The van der Waals surface area contributed by atoms with E-state index in [0.29, 0.717) is 18.9 Å². The highest BCUT2D eigenvalue weighted by atomic mass is 16.1. The lowest BCUT2D eigenvalue weighted by atomic mass is 9.94. The van der Waals surface area contributed by atoms with Crippen molar-refractivity contribution >= 4 is 16.9 Å². The molecule has 1 amide bonds. The normalized spacial score (nSPS) is 12.5. The number of carbonyl (C=O) groups excluding carboxylic acids is 1. The fourth-order valence-electron chi connectivity index (χ4n) is 3.25. The third kappa shape index (κ3) is 4.13. The van der Waals surface area contributed by atoms with E-state index in [9.17, 15) is 4.79 Å². The molecular weight excluding hydrogens is 322 g/mol. The Kier molecular flexibility index (Phi) is 5.71. The second-order valence-corrected chi connectivity index (χ2v) is 7.06. The Bertz CT molecular complexity index is 864. The Morgan fingerprint density at radius 2 is 1.85 bits per heavy atom. The van der Waals surface area contributed by atoms with Crippen LogP contribution in [0.2, 0.25) is 0 Å². The largest absolute Gasteiger partial charge is 0.349 e. The van der Waals surface area contributed by atoms with E-state index in [0.717, 1.165) is 17.5 Å². The van der Waals surface area contributed by atoms with Crippen molar-refractivity contribution in [3.8, 4) is 0 Å². The molecule has 1 N–H and O–H groups in total. The van der Waals surface area contributed by atoms with E-state index in [4.69, 9.17) is 0 Å². The molecule has 3 rings (SSSR count). The highest BCUT2D eigenvalue weighted by molar-refractivity contribution is 5.77. The van der Waals surface area contributed by atoms with Gasteiger partial charge in [-0.25, -0.2) is 4.98 Å². The first-order chi connectivity index (χ1) is 12.6. The molecule has 4 heteroatoms. The fourth-order valence-corrected chi connectivity index (χ4v) is 3.25. The summed E-state index contributed by atoms with van der Waals surface area (Å²) in [7, 11) is 0. The number of fused-ring (bicyclic) bond motifs is 1. The van der Waals surface area contributed by atoms with Crippen LogP contribution in [0.25, 0.3) is 11.0 Å². The molecule has 0 spiro atoms. The van der Waals surface area contributed by atoms with Crippen molar-refractivity contribution in [2.75, 3.05) is 0 Å². The first-order valence-electron chi connectivity index (χ1n) is 9.36. The van der Waals surface area contributed by atoms with Gasteiger partial charge in [-0.05, 0) is 35.6 Å². The van der Waals surface area contributed by atoms with Crippen molar-refractivity contribution in [2.45, 2.75) is 46.2 Å². The molecule has 1 unspecified atom stereocenters. The average molecular weight is 349 g/mol. The Morgan fingerprint density at radius 1 is 1.12 bits per heavy atom. The van der Waals surface area contributed by atoms with Crippen LogP contribution >= 0.6 is 0 Å². The standard InChI is InChI=1S/C22H27N3O/c1-4-17-9-11-18(12-10-17)22(16(2)3)24-21(26)13-14-25-15-23-19-7-5-6-8-20(19)25/h5-12,15-16,22H,4,13-14H2,1-3H3,(H,24,26). The number of benzene rings is 2. The molecule has 0 aliphatic heterocycles. The van der Waals surface area contributed by atoms with E-state index in [1.807, 2.05) is 28.8 Å². The lowest BCUT2D eigenvalue weighted by Crippen LogP contribution is -2.32. The SMILES string of the molecule is CCc1ccc(C(NC(=O)CCn2cnc3ccccc32)C(C)C)cc1. The van der Waals surface area contributed by atoms with Gasteiger partial charge in [-0.3, -0.25) is 4.79 Å². The molecule has 1 aromatic heterocycles. The van der Waals surface area contributed by atoms with Gasteiger partial charge in [-0.1, -0.05) is 57.2 Å². The van der Waals surface area contributed by atoms with E-state index in [2.05, 4.69) is 55.3 Å². The van der Waals surface area contributed by atoms with Crippen LogP contribution in [0.1, 0.15) is 44.4 Å². The van der Waals surface area contributed by atoms with Gasteiger partial charge in [0.1, 0.15) is 0 Å². The molecule has 1 atom stereocenters. The predicted molar refractivity (Wildman–Crippen MR) is 106 cm³/mol. The van der Waals surface area contributed by atoms with Crippen LogP contribution in [-0.2, 0) is 17.8 Å². The minimum atomic E-state index is 0.0351. The lowest BCUT2D eigenvalue weighted by molar-refractivity contribution is -0.122. The maximum absolute atomic E-state index is 12.5. The van der Waals surface area contributed by atoms with Crippen LogP contribution in [-0.4, -0.2) is 15.5 Å². The van der Waals surface area contributed by atoms with Crippen LogP contribution in [0.5, 0.6) is 0 Å². The molecule has 1 heterocycles. The summed E-state index contributed by atoms with van der Waals surface area (Å²) < 4.78 is 2.04. The molecule has 3 aromatic rings. The third-order valence-corrected chi connectivity index (χ3v) is 4.84. The number of aryl methyl sites for hydroxylation is 2. The molecule has 0 fully saturated rings. The first kappa shape index (κ1) is 18.2. The van der Waals surface area contributed by atoms with Crippen LogP contribution < -0.4 is 5.32 Å². The Morgan fingerprint density at radius 3 is 2.54 bits per heavy atom. The summed E-state index contributed by atoms with van der Waals surface area (Å²) in [5.41, 5.74) is 4.51. The molecule has 0 saturated heterocycles. The molecule has 26 heavy (non-hydrogen) atoms. The highest BCUT2D eigenvalue weighted by Crippen LogP contribution is 2.22. The van der Waals surface area contributed by atoms with Gasteiger partial charge in [-0.2, -0.15) is 0 Å². The monoisotopic (exact) mass is 349 g/mol. The van der Waals surface area contributed by atoms with E-state index in [-0.39, 0.29) is 11.9 Å². The smallest absolute Gasteiger partial charge is 0.222 e. The number of para-hydroxylation sites is 2. The van der Waals surface area contributed by atoms with Crippen LogP contribution in [0.4, 0.5) is 0 Å². The number of nitrogens with zero attached hydrogens (tertiary/aromatic N) is 2. The van der Waals surface area contributed by atoms with Gasteiger partial charge in [-0.15, -0.1) is 0 Å². The molecule has 136 valence electrons. The van der Waals surface area contributed by atoms with Gasteiger partial charge in [0.05, 0.1) is 23.4 Å². The summed E-state index contributed by atoms with van der Waals surface area (Å²) in [6, 6.07) is 16.6. The van der Waals surface area contributed by atoms with E-state index in [1.165, 1.54) is 11.1 Å². The number of imidazole rings is 1. The fraction of sp³-hybridized carbons (Fsp3) is 0.364. The molecule has 2 aromatic carbocycles. The Labute approximate surface area is 155 Å². The van der Waals surface area contributed by atoms with Gasteiger partial charge < -0.3 is 9.88 Å². The first-order valence-corrected chi connectivity index (χ1v) is 9.36. The summed E-state index contributed by atoms with van der Waals surface area (Å²) in [5, 5.41) is 3.21. The zero-order chi connectivity index (χ0) is 18.5. The minimum absolute atomic E-state index is 0.0351. The molecule has 0 saturated carbocycles. The number of nitrogens with one attached hydrogen (secondary N) is 1. The van der Waals surface area contributed by atoms with Crippen LogP contribution in [0, 0.1) is 5.92 Å². The lowest BCUT2D eigenvalue weighted by Gasteiger charge is -2.23. The highest BCUT2D eigenvalue weighted by Gasteiger charge is 2.18. The quantitative estimate of drug-likeness (QED) is 0.682. The Hall–Kier alpha value is -2.62. The topological polar surface area (TPSA) is 46.9 Å². The maximum atomic E-state index is 12.5. The van der Waals surface area contributed by atoms with E-state index >= 15 is 0 Å². The number of hydrogen-bond acceptors (Lipinski definition) is 2. The summed E-state index contributed by atoms with van der Waals surface area (Å²) in [4.78, 5) is 16.9. The van der Waals surface area contributed by atoms with Gasteiger partial charge in [0.25, 0.3) is 0 Å². The van der Waals surface area contributed by atoms with Crippen LogP contribution in [0.3, 0.4) is 0 Å². The minimum Gasteiger partial charge on any atom is -0.349 e. The van der Waals surface area contributed by atoms with Crippen molar-refractivity contribution in [3.63, 3.8) is 0 Å². The van der Waals surface area contributed by atoms with Gasteiger partial charge in [0.15, 0.2) is 0 Å². The predicted octanol–water partition coefficient (Wildman–Crippen LogP) is 4.50. The number of carbonyl (C=O) groups is 1. The zero-order valence-corrected chi connectivity index (χ0v) is 15.8. The van der Waals surface area contributed by atoms with Crippen molar-refractivity contribution in [1.82, 2.24) is 14.9 Å². The van der Waals surface area contributed by atoms with E-state index < -0.39 is 0 Å². The zero-order valence-electron chi connectivity index (χ0n) is 15.8. The van der Waals surface area contributed by atoms with Gasteiger partial charge >= 0.3 is 0 Å². The summed E-state index contributed by atoms with van der Waals surface area (Å²) in [5.74, 6) is 0.404. The van der Waals surface area contributed by atoms with Crippen molar-refractivity contribution in [2.24, 2.45) is 5.92 Å². The number of rotatable bonds is 7. The number of amides is 1. The molecule has 0 aliphatic carbocycles. The van der Waals surface area contributed by atoms with Gasteiger partial charge in [0.2, 0.25) is 5.91 Å². The summed E-state index contributed by atoms with van der Waals surface area (Å²) >= 11 is 0. The third-order valence-electron chi connectivity index (χ3n) is 4.84. The molecule has 4 nitrogen and oxygen atoms in total. The molecule has 0 aliphatic rings. The average Bonchev–Trinajstić information content (AvgIpc) is 3.07. The maximum Gasteiger partial charge on any atom is 0.222 e. The van der Waals surface area contributed by atoms with Crippen molar-refractivity contribution < 1.29 is 4.79 Å². The molecule has 0 radical (unpaired) electrons. The second kappa shape index (κ2) is 8.17. The molecule has 0 bridgehead atoms. The van der Waals surface area contributed by atoms with Crippen LogP contribution in [0.15, 0.2) is 54.9 Å². The van der Waals surface area contributed by atoms with E-state index in [1.54, 1.807) is 6.33 Å². The van der Waals surface area contributed by atoms with Crippen molar-refractivity contribution in [1.29, 1.82) is 0 Å². The number of hydrogen-bond donors (Lipinski definition) is 1. The van der Waals surface area contributed by atoms with Crippen molar-refractivity contribution in [3.05, 3.63) is 66.0 Å².